The van der Waals surface area contributed by atoms with Crippen LogP contribution >= 0.6 is 0 Å². The number of aromatic nitrogens is 3. The monoisotopic (exact) mass is 217 g/mol. The molecule has 1 aliphatic rings. The molecule has 5 heteroatoms. The van der Waals surface area contributed by atoms with Gasteiger partial charge in [-0.05, 0) is 36.9 Å². The van der Waals surface area contributed by atoms with Crippen LogP contribution in [0.25, 0.3) is 11.0 Å². The van der Waals surface area contributed by atoms with Crippen LogP contribution in [-0.2, 0) is 0 Å². The fraction of sp³-hybridized carbons (Fsp3) is 0.455. The summed E-state index contributed by atoms with van der Waals surface area (Å²) in [7, 11) is 0. The lowest BCUT2D eigenvalue weighted by Crippen LogP contribution is -2.28. The van der Waals surface area contributed by atoms with Gasteiger partial charge in [0.1, 0.15) is 5.82 Å². The first-order valence-corrected chi connectivity index (χ1v) is 5.65. The van der Waals surface area contributed by atoms with E-state index < -0.39 is 0 Å². The van der Waals surface area contributed by atoms with E-state index in [9.17, 15) is 0 Å². The predicted molar refractivity (Wildman–Crippen MR) is 63.1 cm³/mol. The van der Waals surface area contributed by atoms with Gasteiger partial charge < -0.3 is 11.1 Å². The molecule has 2 aromatic rings. The molecule has 1 unspecified atom stereocenters. The summed E-state index contributed by atoms with van der Waals surface area (Å²) in [4.78, 5) is 4.21. The first-order chi connectivity index (χ1) is 7.86. The third-order valence-corrected chi connectivity index (χ3v) is 3.25. The fourth-order valence-corrected chi connectivity index (χ4v) is 2.45. The molecule has 1 atom stereocenters. The number of rotatable bonds is 1. The van der Waals surface area contributed by atoms with Crippen molar-refractivity contribution < 1.29 is 0 Å². The normalized spacial score (nSPS) is 21.4. The summed E-state index contributed by atoms with van der Waals surface area (Å²) in [5.74, 6) is 1.16. The molecule has 0 radical (unpaired) electrons. The number of hydrogen-bond donors (Lipinski definition) is 3. The summed E-state index contributed by atoms with van der Waals surface area (Å²) < 4.78 is 0. The Hall–Kier alpha value is -1.62. The van der Waals surface area contributed by atoms with Gasteiger partial charge in [-0.2, -0.15) is 5.10 Å². The van der Waals surface area contributed by atoms with Gasteiger partial charge in [0.15, 0.2) is 5.65 Å². The molecule has 0 aromatic carbocycles. The largest absolute Gasteiger partial charge is 0.384 e. The molecule has 84 valence electrons. The highest BCUT2D eigenvalue weighted by Gasteiger charge is 2.19. The molecule has 16 heavy (non-hydrogen) atoms. The van der Waals surface area contributed by atoms with E-state index in [0.717, 1.165) is 24.1 Å². The Balaban J connectivity index is 2.10. The van der Waals surface area contributed by atoms with E-state index >= 15 is 0 Å². The van der Waals surface area contributed by atoms with E-state index in [1.54, 1.807) is 0 Å². The standard InChI is InChI=1S/C11H15N5/c12-10-9-8(7-2-1-4-13-6-7)3-5-14-11(9)16-15-10/h3,5,7,13H,1-2,4,6H2,(H3,12,14,15,16). The van der Waals surface area contributed by atoms with Crippen molar-refractivity contribution in [2.75, 3.05) is 18.8 Å². The maximum absolute atomic E-state index is 5.91. The highest BCUT2D eigenvalue weighted by atomic mass is 15.2. The van der Waals surface area contributed by atoms with Crippen molar-refractivity contribution in [3.8, 4) is 0 Å². The van der Waals surface area contributed by atoms with Crippen molar-refractivity contribution in [1.29, 1.82) is 0 Å². The zero-order valence-corrected chi connectivity index (χ0v) is 9.03. The van der Waals surface area contributed by atoms with Crippen molar-refractivity contribution in [1.82, 2.24) is 20.5 Å². The Kier molecular flexibility index (Phi) is 2.25. The van der Waals surface area contributed by atoms with E-state index in [2.05, 4.69) is 26.6 Å². The molecule has 1 saturated heterocycles. The molecule has 0 amide bonds. The van der Waals surface area contributed by atoms with Gasteiger partial charge in [0.25, 0.3) is 0 Å². The number of H-pyrrole nitrogens is 1. The Morgan fingerprint density at radius 2 is 2.38 bits per heavy atom. The number of nitrogen functional groups attached to an aromatic ring is 1. The summed E-state index contributed by atoms with van der Waals surface area (Å²) in [5.41, 5.74) is 7.90. The minimum atomic E-state index is 0.527. The van der Waals surface area contributed by atoms with E-state index in [1.165, 1.54) is 18.4 Å². The lowest BCUT2D eigenvalue weighted by molar-refractivity contribution is 0.463. The second-order valence-corrected chi connectivity index (χ2v) is 4.28. The molecule has 0 saturated carbocycles. The molecule has 4 N–H and O–H groups in total. The second kappa shape index (κ2) is 3.75. The minimum absolute atomic E-state index is 0.527. The number of pyridine rings is 1. The minimum Gasteiger partial charge on any atom is -0.384 e. The topological polar surface area (TPSA) is 79.6 Å². The van der Waals surface area contributed by atoms with Crippen LogP contribution in [0.15, 0.2) is 12.3 Å². The molecule has 0 bridgehead atoms. The summed E-state index contributed by atoms with van der Waals surface area (Å²) in [6.45, 7) is 2.13. The van der Waals surface area contributed by atoms with Crippen LogP contribution < -0.4 is 11.1 Å². The summed E-state index contributed by atoms with van der Waals surface area (Å²) in [6, 6.07) is 2.06. The number of piperidine rings is 1. The molecule has 1 aliphatic heterocycles. The molecule has 3 heterocycles. The Bertz CT molecular complexity index is 498. The van der Waals surface area contributed by atoms with Gasteiger partial charge in [-0.15, -0.1) is 0 Å². The number of nitrogens with two attached hydrogens (primary N) is 1. The average Bonchev–Trinajstić information content (AvgIpc) is 2.73. The average molecular weight is 217 g/mol. The number of hydrogen-bond acceptors (Lipinski definition) is 4. The number of fused-ring (bicyclic) bond motifs is 1. The maximum Gasteiger partial charge on any atom is 0.183 e. The molecule has 5 nitrogen and oxygen atoms in total. The van der Waals surface area contributed by atoms with Crippen molar-refractivity contribution in [2.45, 2.75) is 18.8 Å². The van der Waals surface area contributed by atoms with Gasteiger partial charge in [0.2, 0.25) is 0 Å². The Morgan fingerprint density at radius 3 is 3.19 bits per heavy atom. The number of nitrogens with zero attached hydrogens (tertiary/aromatic N) is 2. The molecule has 0 spiro atoms. The van der Waals surface area contributed by atoms with Crippen LogP contribution in [0, 0.1) is 0 Å². The molecule has 1 fully saturated rings. The van der Waals surface area contributed by atoms with Crippen LogP contribution in [0.4, 0.5) is 5.82 Å². The van der Waals surface area contributed by atoms with Crippen LogP contribution in [0.1, 0.15) is 24.3 Å². The Labute approximate surface area is 93.4 Å². The Morgan fingerprint density at radius 1 is 1.44 bits per heavy atom. The quantitative estimate of drug-likeness (QED) is 0.666. The third kappa shape index (κ3) is 1.44. The maximum atomic E-state index is 5.91. The highest BCUT2D eigenvalue weighted by Crippen LogP contribution is 2.30. The number of aromatic amines is 1. The van der Waals surface area contributed by atoms with Gasteiger partial charge in [0, 0.05) is 12.7 Å². The summed E-state index contributed by atoms with van der Waals surface area (Å²) in [5, 5.41) is 11.3. The van der Waals surface area contributed by atoms with Crippen LogP contribution in [0.3, 0.4) is 0 Å². The fourth-order valence-electron chi connectivity index (χ4n) is 2.45. The van der Waals surface area contributed by atoms with Gasteiger partial charge in [0.05, 0.1) is 5.39 Å². The number of nitrogens with one attached hydrogen (secondary N) is 2. The first-order valence-electron chi connectivity index (χ1n) is 5.65. The SMILES string of the molecule is Nc1[nH]nc2nccc(C3CCCNC3)c12. The molecular formula is C11H15N5. The van der Waals surface area contributed by atoms with E-state index in [0.29, 0.717) is 11.7 Å². The smallest absolute Gasteiger partial charge is 0.183 e. The highest BCUT2D eigenvalue weighted by molar-refractivity contribution is 5.89. The number of anilines is 1. The summed E-state index contributed by atoms with van der Waals surface area (Å²) >= 11 is 0. The molecule has 2 aromatic heterocycles. The lowest BCUT2D eigenvalue weighted by atomic mass is 9.90. The van der Waals surface area contributed by atoms with Gasteiger partial charge in [-0.1, -0.05) is 0 Å². The van der Waals surface area contributed by atoms with Crippen molar-refractivity contribution >= 4 is 16.9 Å². The van der Waals surface area contributed by atoms with E-state index in [4.69, 9.17) is 5.73 Å². The zero-order chi connectivity index (χ0) is 11.0. The van der Waals surface area contributed by atoms with Crippen LogP contribution in [0.2, 0.25) is 0 Å². The van der Waals surface area contributed by atoms with Crippen LogP contribution in [-0.4, -0.2) is 28.3 Å². The van der Waals surface area contributed by atoms with Crippen molar-refractivity contribution in [3.63, 3.8) is 0 Å². The lowest BCUT2D eigenvalue weighted by Gasteiger charge is -2.23. The van der Waals surface area contributed by atoms with Gasteiger partial charge >= 0.3 is 0 Å². The zero-order valence-electron chi connectivity index (χ0n) is 9.03. The van der Waals surface area contributed by atoms with Crippen molar-refractivity contribution in [3.05, 3.63) is 17.8 Å². The first kappa shape index (κ1) is 9.59. The predicted octanol–water partition coefficient (Wildman–Crippen LogP) is 1.01. The molecule has 0 aliphatic carbocycles. The van der Waals surface area contributed by atoms with Gasteiger partial charge in [-0.25, -0.2) is 4.98 Å². The summed E-state index contributed by atoms with van der Waals surface area (Å²) in [6.07, 6.45) is 4.23. The molecular weight excluding hydrogens is 202 g/mol. The van der Waals surface area contributed by atoms with Crippen LogP contribution in [0.5, 0.6) is 0 Å². The third-order valence-electron chi connectivity index (χ3n) is 3.25. The van der Waals surface area contributed by atoms with Gasteiger partial charge in [-0.3, -0.25) is 5.10 Å². The van der Waals surface area contributed by atoms with Crippen molar-refractivity contribution in [2.24, 2.45) is 0 Å². The van der Waals surface area contributed by atoms with E-state index in [1.807, 2.05) is 6.20 Å². The van der Waals surface area contributed by atoms with E-state index in [-0.39, 0.29) is 0 Å². The second-order valence-electron chi connectivity index (χ2n) is 4.28. The molecule has 3 rings (SSSR count).